The highest BCUT2D eigenvalue weighted by atomic mass is 79.9. The van der Waals surface area contributed by atoms with E-state index in [2.05, 4.69) is 21.2 Å². The van der Waals surface area contributed by atoms with Crippen LogP contribution in [0.15, 0.2) is 46.9 Å². The number of ether oxygens (including phenoxy) is 2. The molecule has 0 saturated carbocycles. The van der Waals surface area contributed by atoms with Crippen molar-refractivity contribution in [2.75, 3.05) is 24.8 Å². The zero-order valence-corrected chi connectivity index (χ0v) is 13.0. The number of para-hydroxylation sites is 2. The van der Waals surface area contributed by atoms with Gasteiger partial charge in [-0.2, -0.15) is 0 Å². The molecule has 6 heteroatoms. The minimum absolute atomic E-state index is 0.118. The zero-order valence-electron chi connectivity index (χ0n) is 11.4. The molecule has 0 fully saturated rings. The van der Waals surface area contributed by atoms with Crippen LogP contribution in [0.4, 0.5) is 11.4 Å². The number of hydrogen-bond acceptors (Lipinski definition) is 4. The maximum atomic E-state index is 11.9. The van der Waals surface area contributed by atoms with Gasteiger partial charge in [0.25, 0.3) is 5.91 Å². The molecule has 0 atom stereocenters. The lowest BCUT2D eigenvalue weighted by molar-refractivity contribution is -0.118. The van der Waals surface area contributed by atoms with Crippen LogP contribution >= 0.6 is 15.9 Å². The SMILES string of the molecule is COc1cc(NC(=O)COc2ccccc2N)ccc1Br. The summed E-state index contributed by atoms with van der Waals surface area (Å²) in [6.07, 6.45) is 0. The van der Waals surface area contributed by atoms with E-state index in [4.69, 9.17) is 15.2 Å². The third-order valence-corrected chi connectivity index (χ3v) is 3.37. The molecule has 2 aromatic rings. The van der Waals surface area contributed by atoms with Crippen molar-refractivity contribution >= 4 is 33.2 Å². The Kier molecular flexibility index (Phi) is 5.05. The number of nitrogens with two attached hydrogens (primary N) is 1. The number of rotatable bonds is 5. The van der Waals surface area contributed by atoms with Crippen LogP contribution in [-0.4, -0.2) is 19.6 Å². The number of methoxy groups -OCH3 is 1. The second-order valence-electron chi connectivity index (χ2n) is 4.22. The number of halogens is 1. The summed E-state index contributed by atoms with van der Waals surface area (Å²) in [5.41, 5.74) is 6.86. The van der Waals surface area contributed by atoms with E-state index in [-0.39, 0.29) is 12.5 Å². The average molecular weight is 351 g/mol. The number of anilines is 2. The van der Waals surface area contributed by atoms with Crippen LogP contribution in [0, 0.1) is 0 Å². The number of carbonyl (C=O) groups excluding carboxylic acids is 1. The Morgan fingerprint density at radius 3 is 2.71 bits per heavy atom. The van der Waals surface area contributed by atoms with Gasteiger partial charge in [-0.25, -0.2) is 0 Å². The fourth-order valence-electron chi connectivity index (χ4n) is 1.69. The molecule has 110 valence electrons. The topological polar surface area (TPSA) is 73.6 Å². The third-order valence-electron chi connectivity index (χ3n) is 2.71. The molecule has 3 N–H and O–H groups in total. The number of carbonyl (C=O) groups is 1. The molecular formula is C15H15BrN2O3. The standard InChI is InChI=1S/C15H15BrN2O3/c1-20-14-8-10(6-7-11(14)16)18-15(19)9-21-13-5-3-2-4-12(13)17/h2-8H,9,17H2,1H3,(H,18,19). The van der Waals surface area contributed by atoms with Crippen LogP contribution in [0.3, 0.4) is 0 Å². The highest BCUT2D eigenvalue weighted by Gasteiger charge is 2.07. The van der Waals surface area contributed by atoms with Crippen LogP contribution in [0.5, 0.6) is 11.5 Å². The molecule has 2 rings (SSSR count). The van der Waals surface area contributed by atoms with Crippen LogP contribution in [0.1, 0.15) is 0 Å². The predicted octanol–water partition coefficient (Wildman–Crippen LogP) is 3.06. The lowest BCUT2D eigenvalue weighted by Crippen LogP contribution is -2.20. The smallest absolute Gasteiger partial charge is 0.262 e. The van der Waals surface area contributed by atoms with E-state index in [1.54, 1.807) is 49.6 Å². The van der Waals surface area contributed by atoms with E-state index in [1.807, 2.05) is 0 Å². The summed E-state index contributed by atoms with van der Waals surface area (Å²) in [7, 11) is 1.56. The number of amides is 1. The van der Waals surface area contributed by atoms with Gasteiger partial charge < -0.3 is 20.5 Å². The van der Waals surface area contributed by atoms with Crippen LogP contribution in [-0.2, 0) is 4.79 Å². The lowest BCUT2D eigenvalue weighted by atomic mass is 10.3. The highest BCUT2D eigenvalue weighted by Crippen LogP contribution is 2.27. The van der Waals surface area contributed by atoms with E-state index in [0.717, 1.165) is 4.47 Å². The number of nitrogen functional groups attached to an aromatic ring is 1. The van der Waals surface area contributed by atoms with Gasteiger partial charge in [0.2, 0.25) is 0 Å². The van der Waals surface area contributed by atoms with Gasteiger partial charge in [0.05, 0.1) is 17.3 Å². The summed E-state index contributed by atoms with van der Waals surface area (Å²) in [5.74, 6) is 0.852. The average Bonchev–Trinajstić information content (AvgIpc) is 2.48. The Bertz CT molecular complexity index is 647. The zero-order chi connectivity index (χ0) is 15.2. The lowest BCUT2D eigenvalue weighted by Gasteiger charge is -2.10. The van der Waals surface area contributed by atoms with E-state index in [9.17, 15) is 4.79 Å². The van der Waals surface area contributed by atoms with Crippen molar-refractivity contribution in [2.45, 2.75) is 0 Å². The molecule has 1 amide bonds. The molecule has 0 aliphatic rings. The van der Waals surface area contributed by atoms with Crippen molar-refractivity contribution in [3.8, 4) is 11.5 Å². The Labute approximate surface area is 131 Å². The van der Waals surface area contributed by atoms with Gasteiger partial charge in [0, 0.05) is 11.8 Å². The second kappa shape index (κ2) is 6.99. The summed E-state index contributed by atoms with van der Waals surface area (Å²) < 4.78 is 11.4. The van der Waals surface area contributed by atoms with Crippen molar-refractivity contribution in [1.82, 2.24) is 0 Å². The van der Waals surface area contributed by atoms with E-state index >= 15 is 0 Å². The molecule has 0 aliphatic carbocycles. The van der Waals surface area contributed by atoms with Crippen molar-refractivity contribution in [3.05, 3.63) is 46.9 Å². The maximum Gasteiger partial charge on any atom is 0.262 e. The van der Waals surface area contributed by atoms with E-state index < -0.39 is 0 Å². The van der Waals surface area contributed by atoms with E-state index in [0.29, 0.717) is 22.9 Å². The molecule has 5 nitrogen and oxygen atoms in total. The highest BCUT2D eigenvalue weighted by molar-refractivity contribution is 9.10. The molecule has 0 unspecified atom stereocenters. The Balaban J connectivity index is 1.94. The molecule has 0 aromatic heterocycles. The normalized spacial score (nSPS) is 10.0. The van der Waals surface area contributed by atoms with Gasteiger partial charge in [0.1, 0.15) is 11.5 Å². The Morgan fingerprint density at radius 1 is 1.24 bits per heavy atom. The van der Waals surface area contributed by atoms with Gasteiger partial charge in [-0.15, -0.1) is 0 Å². The first-order valence-electron chi connectivity index (χ1n) is 6.21. The minimum Gasteiger partial charge on any atom is -0.495 e. The largest absolute Gasteiger partial charge is 0.495 e. The quantitative estimate of drug-likeness (QED) is 0.812. The molecule has 0 bridgehead atoms. The third kappa shape index (κ3) is 4.13. The fraction of sp³-hybridized carbons (Fsp3) is 0.133. The maximum absolute atomic E-state index is 11.9. The first-order valence-corrected chi connectivity index (χ1v) is 7.00. The summed E-state index contributed by atoms with van der Waals surface area (Å²) in [5, 5.41) is 2.73. The Hall–Kier alpha value is -2.21. The van der Waals surface area contributed by atoms with Gasteiger partial charge >= 0.3 is 0 Å². The summed E-state index contributed by atoms with van der Waals surface area (Å²) in [6.45, 7) is -0.118. The second-order valence-corrected chi connectivity index (χ2v) is 5.08. The van der Waals surface area contributed by atoms with Crippen molar-refractivity contribution < 1.29 is 14.3 Å². The van der Waals surface area contributed by atoms with Crippen molar-refractivity contribution in [1.29, 1.82) is 0 Å². The van der Waals surface area contributed by atoms with Crippen LogP contribution in [0.2, 0.25) is 0 Å². The Morgan fingerprint density at radius 2 is 2.00 bits per heavy atom. The molecule has 2 aromatic carbocycles. The first-order chi connectivity index (χ1) is 10.1. The molecule has 0 radical (unpaired) electrons. The molecular weight excluding hydrogens is 336 g/mol. The molecule has 0 saturated heterocycles. The summed E-state index contributed by atoms with van der Waals surface area (Å²) in [4.78, 5) is 11.9. The fourth-order valence-corrected chi connectivity index (χ4v) is 2.10. The first kappa shape index (κ1) is 15.2. The van der Waals surface area contributed by atoms with Crippen LogP contribution < -0.4 is 20.5 Å². The number of hydrogen-bond donors (Lipinski definition) is 2. The molecule has 21 heavy (non-hydrogen) atoms. The van der Waals surface area contributed by atoms with Gasteiger partial charge in [0.15, 0.2) is 6.61 Å². The van der Waals surface area contributed by atoms with Crippen molar-refractivity contribution in [3.63, 3.8) is 0 Å². The van der Waals surface area contributed by atoms with E-state index in [1.165, 1.54) is 0 Å². The summed E-state index contributed by atoms with van der Waals surface area (Å²) >= 11 is 3.35. The number of nitrogens with one attached hydrogen (secondary N) is 1. The number of benzene rings is 2. The molecule has 0 aliphatic heterocycles. The summed E-state index contributed by atoms with van der Waals surface area (Å²) in [6, 6.07) is 12.3. The van der Waals surface area contributed by atoms with Gasteiger partial charge in [-0.3, -0.25) is 4.79 Å². The predicted molar refractivity (Wildman–Crippen MR) is 85.7 cm³/mol. The van der Waals surface area contributed by atoms with Crippen molar-refractivity contribution in [2.24, 2.45) is 0 Å². The van der Waals surface area contributed by atoms with Crippen LogP contribution in [0.25, 0.3) is 0 Å². The molecule has 0 spiro atoms. The minimum atomic E-state index is -0.275. The molecule has 0 heterocycles. The monoisotopic (exact) mass is 350 g/mol. The van der Waals surface area contributed by atoms with Gasteiger partial charge in [-0.05, 0) is 40.2 Å². The van der Waals surface area contributed by atoms with Gasteiger partial charge in [-0.1, -0.05) is 12.1 Å².